The van der Waals surface area contributed by atoms with Crippen LogP contribution in [-0.4, -0.2) is 17.7 Å². The van der Waals surface area contributed by atoms with Crippen LogP contribution in [0, 0.1) is 6.92 Å². The lowest BCUT2D eigenvalue weighted by atomic mass is 10.1. The molecule has 0 atom stereocenters. The molecule has 5 nitrogen and oxygen atoms in total. The molecule has 0 aliphatic carbocycles. The number of ether oxygens (including phenoxy) is 2. The summed E-state index contributed by atoms with van der Waals surface area (Å²) in [6.07, 6.45) is 1.75. The summed E-state index contributed by atoms with van der Waals surface area (Å²) in [4.78, 5) is 15.9. The summed E-state index contributed by atoms with van der Waals surface area (Å²) in [5.74, 6) is 0.985. The average molecular weight is 368 g/mol. The van der Waals surface area contributed by atoms with Gasteiger partial charge in [-0.25, -0.2) is 0 Å². The maximum atomic E-state index is 11.7. The van der Waals surface area contributed by atoms with Crippen LogP contribution in [0.1, 0.15) is 23.6 Å². The largest absolute Gasteiger partial charge is 0.490 e. The summed E-state index contributed by atoms with van der Waals surface area (Å²) in [5, 5.41) is 0.268. The summed E-state index contributed by atoms with van der Waals surface area (Å²) in [6.45, 7) is 4.95. The molecular weight excluding hydrogens is 348 g/mol. The van der Waals surface area contributed by atoms with Crippen molar-refractivity contribution >= 4 is 28.9 Å². The Hall–Kier alpha value is -2.73. The molecule has 0 saturated carbocycles. The number of aryl methyl sites for hydroxylation is 1. The first-order valence-corrected chi connectivity index (χ1v) is 9.10. The molecule has 0 spiro atoms. The zero-order valence-corrected chi connectivity index (χ0v) is 15.5. The second kappa shape index (κ2) is 8.10. The first-order valence-electron chi connectivity index (χ1n) is 8.28. The monoisotopic (exact) mass is 368 g/mol. The van der Waals surface area contributed by atoms with Crippen LogP contribution in [-0.2, 0) is 11.4 Å². The van der Waals surface area contributed by atoms with Crippen molar-refractivity contribution in [3.63, 3.8) is 0 Å². The maximum Gasteiger partial charge on any atom is 0.286 e. The van der Waals surface area contributed by atoms with Gasteiger partial charge in [-0.2, -0.15) is 4.99 Å². The van der Waals surface area contributed by atoms with Crippen LogP contribution in [0.4, 0.5) is 0 Å². The molecule has 1 amide bonds. The van der Waals surface area contributed by atoms with Gasteiger partial charge in [-0.1, -0.05) is 35.9 Å². The third-order valence-corrected chi connectivity index (χ3v) is 4.53. The highest BCUT2D eigenvalue weighted by atomic mass is 32.2. The molecule has 1 heterocycles. The second-order valence-corrected chi connectivity index (χ2v) is 6.84. The maximum absolute atomic E-state index is 11.7. The van der Waals surface area contributed by atoms with E-state index in [1.807, 2.05) is 37.3 Å². The standard InChI is InChI=1S/C20H20N2O3S/c1-3-24-17-10-15(11-18-19(23)22-20(21)26-18)8-9-16(17)25-12-14-6-4-13(2)5-7-14/h4-11H,3,12H2,1-2H3,(H2,21,22,23)/b18-11+. The minimum Gasteiger partial charge on any atom is -0.490 e. The molecule has 0 bridgehead atoms. The van der Waals surface area contributed by atoms with Crippen LogP contribution in [0.5, 0.6) is 11.5 Å². The van der Waals surface area contributed by atoms with Gasteiger partial charge in [0.15, 0.2) is 16.7 Å². The Kier molecular flexibility index (Phi) is 5.63. The Balaban J connectivity index is 1.77. The molecule has 26 heavy (non-hydrogen) atoms. The van der Waals surface area contributed by atoms with Crippen molar-refractivity contribution in [3.05, 3.63) is 64.1 Å². The number of hydrogen-bond donors (Lipinski definition) is 1. The van der Waals surface area contributed by atoms with Crippen molar-refractivity contribution in [1.82, 2.24) is 0 Å². The molecule has 3 rings (SSSR count). The van der Waals surface area contributed by atoms with E-state index in [-0.39, 0.29) is 11.1 Å². The highest BCUT2D eigenvalue weighted by Crippen LogP contribution is 2.32. The Morgan fingerprint density at radius 1 is 1.12 bits per heavy atom. The van der Waals surface area contributed by atoms with Gasteiger partial charge in [0.1, 0.15) is 6.61 Å². The van der Waals surface area contributed by atoms with Gasteiger partial charge in [0, 0.05) is 0 Å². The lowest BCUT2D eigenvalue weighted by Gasteiger charge is -2.13. The fourth-order valence-electron chi connectivity index (χ4n) is 2.42. The highest BCUT2D eigenvalue weighted by Gasteiger charge is 2.19. The van der Waals surface area contributed by atoms with Crippen LogP contribution in [0.3, 0.4) is 0 Å². The number of carbonyl (C=O) groups is 1. The van der Waals surface area contributed by atoms with Crippen LogP contribution in [0.15, 0.2) is 52.4 Å². The zero-order valence-electron chi connectivity index (χ0n) is 14.7. The van der Waals surface area contributed by atoms with Gasteiger partial charge < -0.3 is 15.2 Å². The predicted molar refractivity (Wildman–Crippen MR) is 105 cm³/mol. The van der Waals surface area contributed by atoms with Gasteiger partial charge in [-0.3, -0.25) is 4.79 Å². The number of benzene rings is 2. The Labute approximate surface area is 156 Å². The molecule has 134 valence electrons. The van der Waals surface area contributed by atoms with Crippen LogP contribution in [0.2, 0.25) is 0 Å². The number of carbonyl (C=O) groups excluding carboxylic acids is 1. The van der Waals surface area contributed by atoms with E-state index in [0.29, 0.717) is 29.6 Å². The van der Waals surface area contributed by atoms with Gasteiger partial charge in [0.25, 0.3) is 5.91 Å². The number of nitrogens with two attached hydrogens (primary N) is 1. The van der Waals surface area contributed by atoms with Gasteiger partial charge in [0.2, 0.25) is 0 Å². The second-order valence-electron chi connectivity index (χ2n) is 5.78. The molecule has 0 radical (unpaired) electrons. The smallest absolute Gasteiger partial charge is 0.286 e. The normalized spacial score (nSPS) is 15.2. The van der Waals surface area contributed by atoms with Crippen molar-refractivity contribution < 1.29 is 14.3 Å². The molecule has 1 aliphatic rings. The molecular formula is C20H20N2O3S. The molecule has 0 fully saturated rings. The summed E-state index contributed by atoms with van der Waals surface area (Å²) in [5.41, 5.74) is 8.71. The van der Waals surface area contributed by atoms with E-state index in [2.05, 4.69) is 24.0 Å². The van der Waals surface area contributed by atoms with Gasteiger partial charge in [-0.15, -0.1) is 0 Å². The van der Waals surface area contributed by atoms with Crippen molar-refractivity contribution in [2.45, 2.75) is 20.5 Å². The van der Waals surface area contributed by atoms with Crippen molar-refractivity contribution in [1.29, 1.82) is 0 Å². The number of amidine groups is 1. The molecule has 2 aromatic carbocycles. The highest BCUT2D eigenvalue weighted by molar-refractivity contribution is 8.18. The van der Waals surface area contributed by atoms with E-state index in [4.69, 9.17) is 15.2 Å². The van der Waals surface area contributed by atoms with Crippen molar-refractivity contribution in [2.75, 3.05) is 6.61 Å². The lowest BCUT2D eigenvalue weighted by Crippen LogP contribution is -2.01. The fourth-order valence-corrected chi connectivity index (χ4v) is 3.11. The minimum atomic E-state index is -0.315. The SMILES string of the molecule is CCOc1cc(/C=C2/SC(N)=NC2=O)ccc1OCc1ccc(C)cc1. The summed E-state index contributed by atoms with van der Waals surface area (Å²) >= 11 is 1.17. The van der Waals surface area contributed by atoms with Crippen LogP contribution < -0.4 is 15.2 Å². The first kappa shape index (κ1) is 18.1. The molecule has 0 saturated heterocycles. The molecule has 2 aromatic rings. The van der Waals surface area contributed by atoms with E-state index in [1.165, 1.54) is 17.3 Å². The number of hydrogen-bond acceptors (Lipinski definition) is 5. The fraction of sp³-hybridized carbons (Fsp3) is 0.200. The van der Waals surface area contributed by atoms with E-state index < -0.39 is 0 Å². The Bertz CT molecular complexity index is 873. The molecule has 0 aromatic heterocycles. The predicted octanol–water partition coefficient (Wildman–Crippen LogP) is 3.90. The number of nitrogens with zero attached hydrogens (tertiary/aromatic N) is 1. The zero-order chi connectivity index (χ0) is 18.5. The third kappa shape index (κ3) is 4.46. The van der Waals surface area contributed by atoms with Gasteiger partial charge in [-0.05, 0) is 54.9 Å². The number of amides is 1. The molecule has 0 unspecified atom stereocenters. The molecule has 1 aliphatic heterocycles. The average Bonchev–Trinajstić information content (AvgIpc) is 2.93. The van der Waals surface area contributed by atoms with Gasteiger partial charge >= 0.3 is 0 Å². The number of thioether (sulfide) groups is 1. The van der Waals surface area contributed by atoms with Crippen LogP contribution in [0.25, 0.3) is 6.08 Å². The lowest BCUT2D eigenvalue weighted by molar-refractivity contribution is -0.113. The summed E-state index contributed by atoms with van der Waals surface area (Å²) in [6, 6.07) is 13.8. The van der Waals surface area contributed by atoms with E-state index in [1.54, 1.807) is 6.08 Å². The first-order chi connectivity index (χ1) is 12.5. The van der Waals surface area contributed by atoms with Crippen molar-refractivity contribution in [3.8, 4) is 11.5 Å². The Morgan fingerprint density at radius 2 is 1.88 bits per heavy atom. The third-order valence-electron chi connectivity index (χ3n) is 3.72. The van der Waals surface area contributed by atoms with E-state index in [9.17, 15) is 4.79 Å². The van der Waals surface area contributed by atoms with E-state index >= 15 is 0 Å². The number of aliphatic imine (C=N–C) groups is 1. The quantitative estimate of drug-likeness (QED) is 0.783. The summed E-state index contributed by atoms with van der Waals surface area (Å²) < 4.78 is 11.6. The topological polar surface area (TPSA) is 73.9 Å². The Morgan fingerprint density at radius 3 is 2.54 bits per heavy atom. The minimum absolute atomic E-state index is 0.268. The van der Waals surface area contributed by atoms with Crippen LogP contribution >= 0.6 is 11.8 Å². The molecule has 6 heteroatoms. The van der Waals surface area contributed by atoms with E-state index in [0.717, 1.165) is 11.1 Å². The molecule has 2 N–H and O–H groups in total. The number of rotatable bonds is 6. The van der Waals surface area contributed by atoms with Gasteiger partial charge in [0.05, 0.1) is 11.5 Å². The summed E-state index contributed by atoms with van der Waals surface area (Å²) in [7, 11) is 0. The van der Waals surface area contributed by atoms with Crippen molar-refractivity contribution in [2.24, 2.45) is 10.7 Å².